The van der Waals surface area contributed by atoms with Gasteiger partial charge in [-0.3, -0.25) is 0 Å². The second-order valence-corrected chi connectivity index (χ2v) is 5.95. The number of nitrogens with one attached hydrogen (secondary N) is 1. The van der Waals surface area contributed by atoms with E-state index < -0.39 is 17.6 Å². The molecule has 0 radical (unpaired) electrons. The maximum Gasteiger partial charge on any atom is 0.417 e. The molecule has 0 fully saturated rings. The zero-order valence-corrected chi connectivity index (χ0v) is 14.3. The van der Waals surface area contributed by atoms with Crippen molar-refractivity contribution in [1.29, 1.82) is 0 Å². The average molecular weight is 373 g/mol. The van der Waals surface area contributed by atoms with Crippen molar-refractivity contribution in [2.24, 2.45) is 0 Å². The van der Waals surface area contributed by atoms with E-state index in [1.165, 1.54) is 30.6 Å². The molecule has 3 nitrogen and oxygen atoms in total. The van der Waals surface area contributed by atoms with Crippen molar-refractivity contribution in [2.75, 3.05) is 5.32 Å². The lowest BCUT2D eigenvalue weighted by molar-refractivity contribution is -0.137. The van der Waals surface area contributed by atoms with Crippen molar-refractivity contribution in [2.45, 2.75) is 25.6 Å². The van der Waals surface area contributed by atoms with E-state index in [9.17, 15) is 17.6 Å². The Hall–Kier alpha value is -3.14. The van der Waals surface area contributed by atoms with Gasteiger partial charge in [0.05, 0.1) is 5.56 Å². The first-order chi connectivity index (χ1) is 12.9. The molecule has 0 aliphatic heterocycles. The highest BCUT2D eigenvalue weighted by Crippen LogP contribution is 2.31. The number of benzene rings is 2. The molecule has 0 spiro atoms. The molecule has 1 atom stereocenters. The van der Waals surface area contributed by atoms with E-state index >= 15 is 0 Å². The summed E-state index contributed by atoms with van der Waals surface area (Å²) >= 11 is 0. The number of para-hydroxylation sites is 1. The first-order valence-corrected chi connectivity index (χ1v) is 8.17. The van der Waals surface area contributed by atoms with Crippen molar-refractivity contribution in [1.82, 2.24) is 9.97 Å². The van der Waals surface area contributed by atoms with Gasteiger partial charge in [-0.1, -0.05) is 30.0 Å². The molecule has 0 saturated carbocycles. The summed E-state index contributed by atoms with van der Waals surface area (Å²) in [5.41, 5.74) is -0.616. The van der Waals surface area contributed by atoms with E-state index in [-0.39, 0.29) is 23.5 Å². The van der Waals surface area contributed by atoms with Crippen molar-refractivity contribution in [3.8, 4) is 11.8 Å². The molecule has 0 aliphatic carbocycles. The standard InChI is InChI=1S/C20H15F4N3/c1-13(6-4-8-14-7-2-3-10-16(14)20(22,23)24)27-19-15-9-5-11-17(21)18(15)25-12-26-19/h2-3,5,7,9-13H,6H2,1H3,(H,25,26,27). The van der Waals surface area contributed by atoms with E-state index in [1.54, 1.807) is 12.1 Å². The highest BCUT2D eigenvalue weighted by molar-refractivity contribution is 5.89. The molecule has 1 heterocycles. The first kappa shape index (κ1) is 18.6. The smallest absolute Gasteiger partial charge is 0.366 e. The molecular weight excluding hydrogens is 358 g/mol. The zero-order chi connectivity index (χ0) is 19.4. The lowest BCUT2D eigenvalue weighted by Crippen LogP contribution is -2.15. The van der Waals surface area contributed by atoms with Gasteiger partial charge in [-0.2, -0.15) is 13.2 Å². The molecule has 7 heteroatoms. The maximum atomic E-state index is 13.8. The molecule has 1 N–H and O–H groups in total. The van der Waals surface area contributed by atoms with Gasteiger partial charge in [-0.05, 0) is 31.2 Å². The first-order valence-electron chi connectivity index (χ1n) is 8.17. The van der Waals surface area contributed by atoms with Crippen LogP contribution >= 0.6 is 0 Å². The molecule has 27 heavy (non-hydrogen) atoms. The normalized spacial score (nSPS) is 12.3. The number of hydrogen-bond donors (Lipinski definition) is 1. The van der Waals surface area contributed by atoms with Gasteiger partial charge in [0.2, 0.25) is 0 Å². The lowest BCUT2D eigenvalue weighted by Gasteiger charge is -2.13. The molecule has 0 saturated heterocycles. The van der Waals surface area contributed by atoms with E-state index in [0.717, 1.165) is 6.07 Å². The minimum atomic E-state index is -4.45. The Labute approximate surface area is 153 Å². The van der Waals surface area contributed by atoms with Crippen LogP contribution in [0.2, 0.25) is 0 Å². The fourth-order valence-electron chi connectivity index (χ4n) is 2.59. The number of rotatable bonds is 3. The Kier molecular flexibility index (Phi) is 5.26. The monoisotopic (exact) mass is 373 g/mol. The number of fused-ring (bicyclic) bond motifs is 1. The Bertz CT molecular complexity index is 1020. The van der Waals surface area contributed by atoms with E-state index in [2.05, 4.69) is 27.1 Å². The average Bonchev–Trinajstić information content (AvgIpc) is 2.62. The number of halogens is 4. The second kappa shape index (κ2) is 7.62. The second-order valence-electron chi connectivity index (χ2n) is 5.95. The summed E-state index contributed by atoms with van der Waals surface area (Å²) in [7, 11) is 0. The molecule has 138 valence electrons. The molecular formula is C20H15F4N3. The van der Waals surface area contributed by atoms with Crippen molar-refractivity contribution in [3.05, 3.63) is 65.7 Å². The predicted molar refractivity (Wildman–Crippen MR) is 95.5 cm³/mol. The SMILES string of the molecule is CC(CC#Cc1ccccc1C(F)(F)F)Nc1ncnc2c(F)cccc12. The molecule has 0 amide bonds. The summed E-state index contributed by atoms with van der Waals surface area (Å²) in [6, 6.07) is 9.55. The number of anilines is 1. The van der Waals surface area contributed by atoms with Gasteiger partial charge >= 0.3 is 6.18 Å². The number of hydrogen-bond acceptors (Lipinski definition) is 3. The van der Waals surface area contributed by atoms with Crippen LogP contribution in [-0.4, -0.2) is 16.0 Å². The third kappa shape index (κ3) is 4.34. The van der Waals surface area contributed by atoms with E-state index in [4.69, 9.17) is 0 Å². The van der Waals surface area contributed by atoms with Gasteiger partial charge in [0.25, 0.3) is 0 Å². The van der Waals surface area contributed by atoms with Crippen LogP contribution in [0.5, 0.6) is 0 Å². The number of alkyl halides is 3. The fraction of sp³-hybridized carbons (Fsp3) is 0.200. The van der Waals surface area contributed by atoms with Crippen LogP contribution in [0.25, 0.3) is 10.9 Å². The molecule has 0 aliphatic rings. The molecule has 3 rings (SSSR count). The van der Waals surface area contributed by atoms with Crippen LogP contribution < -0.4 is 5.32 Å². The quantitative estimate of drug-likeness (QED) is 0.517. The Balaban J connectivity index is 1.75. The summed E-state index contributed by atoms with van der Waals surface area (Å²) < 4.78 is 52.7. The molecule has 2 aromatic carbocycles. The zero-order valence-electron chi connectivity index (χ0n) is 14.3. The molecule has 1 unspecified atom stereocenters. The van der Waals surface area contributed by atoms with Crippen LogP contribution in [0.4, 0.5) is 23.4 Å². The third-order valence-corrected chi connectivity index (χ3v) is 3.86. The minimum absolute atomic E-state index is 0.0632. The number of nitrogens with zero attached hydrogens (tertiary/aromatic N) is 2. The maximum absolute atomic E-state index is 13.8. The minimum Gasteiger partial charge on any atom is -0.366 e. The highest BCUT2D eigenvalue weighted by Gasteiger charge is 2.32. The van der Waals surface area contributed by atoms with Crippen LogP contribution in [-0.2, 0) is 6.18 Å². The lowest BCUT2D eigenvalue weighted by atomic mass is 10.1. The van der Waals surface area contributed by atoms with Crippen molar-refractivity contribution >= 4 is 16.7 Å². The van der Waals surface area contributed by atoms with Gasteiger partial charge in [0.1, 0.15) is 23.5 Å². The molecule has 0 bridgehead atoms. The van der Waals surface area contributed by atoms with E-state index in [0.29, 0.717) is 11.2 Å². The van der Waals surface area contributed by atoms with Gasteiger partial charge in [-0.15, -0.1) is 0 Å². The fourth-order valence-corrected chi connectivity index (χ4v) is 2.59. The summed E-state index contributed by atoms with van der Waals surface area (Å²) in [6.45, 7) is 1.82. The number of aromatic nitrogens is 2. The third-order valence-electron chi connectivity index (χ3n) is 3.86. The van der Waals surface area contributed by atoms with Gasteiger partial charge < -0.3 is 5.32 Å². The summed E-state index contributed by atoms with van der Waals surface area (Å²) in [5.74, 6) is 5.34. The van der Waals surface area contributed by atoms with Crippen LogP contribution in [0.1, 0.15) is 24.5 Å². The molecule has 1 aromatic heterocycles. The summed E-state index contributed by atoms with van der Waals surface area (Å²) in [6.07, 6.45) is -2.90. The Morgan fingerprint density at radius 2 is 1.85 bits per heavy atom. The van der Waals surface area contributed by atoms with Crippen LogP contribution in [0.15, 0.2) is 48.8 Å². The van der Waals surface area contributed by atoms with Crippen molar-refractivity contribution in [3.63, 3.8) is 0 Å². The van der Waals surface area contributed by atoms with Gasteiger partial charge in [0, 0.05) is 23.4 Å². The molecule has 3 aromatic rings. The predicted octanol–water partition coefficient (Wildman–Crippen LogP) is 5.03. The van der Waals surface area contributed by atoms with Crippen LogP contribution in [0, 0.1) is 17.7 Å². The largest absolute Gasteiger partial charge is 0.417 e. The summed E-state index contributed by atoms with van der Waals surface area (Å²) in [4.78, 5) is 8.04. The van der Waals surface area contributed by atoms with E-state index in [1.807, 2.05) is 6.92 Å². The van der Waals surface area contributed by atoms with Gasteiger partial charge in [0.15, 0.2) is 0 Å². The van der Waals surface area contributed by atoms with Crippen LogP contribution in [0.3, 0.4) is 0 Å². The summed E-state index contributed by atoms with van der Waals surface area (Å²) in [5, 5.41) is 3.63. The highest BCUT2D eigenvalue weighted by atomic mass is 19.4. The Morgan fingerprint density at radius 1 is 1.07 bits per heavy atom. The van der Waals surface area contributed by atoms with Gasteiger partial charge in [-0.25, -0.2) is 14.4 Å². The topological polar surface area (TPSA) is 37.8 Å². The van der Waals surface area contributed by atoms with Crippen molar-refractivity contribution < 1.29 is 17.6 Å². The Morgan fingerprint density at radius 3 is 2.63 bits per heavy atom.